The van der Waals surface area contributed by atoms with Gasteiger partial charge >= 0.3 is 0 Å². The van der Waals surface area contributed by atoms with Gasteiger partial charge in [-0.3, -0.25) is 0 Å². The first-order chi connectivity index (χ1) is 17.6. The van der Waals surface area contributed by atoms with Crippen LogP contribution in [0.3, 0.4) is 0 Å². The SMILES string of the molecule is Br.COc1ccc(CN(Cc2ccc(OC)cc2)C(=Nc2ccc(F)cc2)SCc2ccccc2)cc1. The average molecular weight is 582 g/mol. The molecule has 4 aromatic rings. The lowest BCUT2D eigenvalue weighted by molar-refractivity contribution is 0.405. The zero-order chi connectivity index (χ0) is 25.2. The van der Waals surface area contributed by atoms with Crippen molar-refractivity contribution in [2.45, 2.75) is 18.8 Å². The normalized spacial score (nSPS) is 10.9. The molecule has 0 aliphatic carbocycles. The third-order valence-corrected chi connectivity index (χ3v) is 6.68. The summed E-state index contributed by atoms with van der Waals surface area (Å²) in [6.45, 7) is 1.30. The van der Waals surface area contributed by atoms with Crippen LogP contribution >= 0.6 is 28.7 Å². The highest BCUT2D eigenvalue weighted by Crippen LogP contribution is 2.25. The largest absolute Gasteiger partial charge is 0.497 e. The molecule has 7 heteroatoms. The molecule has 0 amide bonds. The summed E-state index contributed by atoms with van der Waals surface area (Å²) in [6, 6.07) is 32.7. The van der Waals surface area contributed by atoms with Crippen LogP contribution in [0, 0.1) is 5.82 Å². The Bertz CT molecular complexity index is 1200. The number of hydrogen-bond donors (Lipinski definition) is 0. The lowest BCUT2D eigenvalue weighted by atomic mass is 10.1. The molecule has 0 N–H and O–H groups in total. The number of amidine groups is 1. The topological polar surface area (TPSA) is 34.1 Å². The Kier molecular flexibility index (Phi) is 11.0. The van der Waals surface area contributed by atoms with E-state index in [-0.39, 0.29) is 22.8 Å². The van der Waals surface area contributed by atoms with Gasteiger partial charge in [0.25, 0.3) is 0 Å². The third-order valence-electron chi connectivity index (χ3n) is 5.60. The quantitative estimate of drug-likeness (QED) is 0.148. The summed E-state index contributed by atoms with van der Waals surface area (Å²) in [5.41, 5.74) is 4.19. The minimum Gasteiger partial charge on any atom is -0.497 e. The number of ether oxygens (including phenoxy) is 2. The molecule has 0 heterocycles. The molecule has 4 rings (SSSR count). The van der Waals surface area contributed by atoms with Crippen LogP contribution in [0.15, 0.2) is 108 Å². The molecule has 0 unspecified atom stereocenters. The second kappa shape index (κ2) is 14.4. The number of aliphatic imine (C=N–C) groups is 1. The van der Waals surface area contributed by atoms with Crippen LogP contribution in [0.1, 0.15) is 16.7 Å². The molecule has 0 spiro atoms. The number of nitrogens with zero attached hydrogens (tertiary/aromatic N) is 2. The highest BCUT2D eigenvalue weighted by Gasteiger charge is 2.15. The minimum atomic E-state index is -0.277. The predicted molar refractivity (Wildman–Crippen MR) is 157 cm³/mol. The molecule has 0 aliphatic heterocycles. The molecule has 4 nitrogen and oxygen atoms in total. The molecule has 192 valence electrons. The average Bonchev–Trinajstić information content (AvgIpc) is 2.93. The van der Waals surface area contributed by atoms with Crippen molar-refractivity contribution in [3.63, 3.8) is 0 Å². The second-order valence-corrected chi connectivity index (χ2v) is 9.14. The predicted octanol–water partition coefficient (Wildman–Crippen LogP) is 8.04. The maximum Gasteiger partial charge on any atom is 0.165 e. The van der Waals surface area contributed by atoms with Gasteiger partial charge in [0.15, 0.2) is 5.17 Å². The van der Waals surface area contributed by atoms with E-state index in [9.17, 15) is 4.39 Å². The van der Waals surface area contributed by atoms with Crippen LogP contribution in [-0.2, 0) is 18.8 Å². The van der Waals surface area contributed by atoms with Gasteiger partial charge in [-0.1, -0.05) is 66.4 Å². The fourth-order valence-electron chi connectivity index (χ4n) is 3.64. The van der Waals surface area contributed by atoms with Crippen molar-refractivity contribution in [2.75, 3.05) is 14.2 Å². The molecular weight excluding hydrogens is 551 g/mol. The van der Waals surface area contributed by atoms with E-state index in [1.807, 2.05) is 42.5 Å². The van der Waals surface area contributed by atoms with E-state index in [2.05, 4.69) is 41.3 Å². The van der Waals surface area contributed by atoms with E-state index < -0.39 is 0 Å². The summed E-state index contributed by atoms with van der Waals surface area (Å²) in [5.74, 6) is 2.13. The smallest absolute Gasteiger partial charge is 0.165 e. The Morgan fingerprint density at radius 2 is 1.22 bits per heavy atom. The number of thioether (sulfide) groups is 1. The van der Waals surface area contributed by atoms with E-state index in [0.29, 0.717) is 18.8 Å². The van der Waals surface area contributed by atoms with Crippen molar-refractivity contribution >= 4 is 39.6 Å². The van der Waals surface area contributed by atoms with Crippen LogP contribution in [-0.4, -0.2) is 24.3 Å². The van der Waals surface area contributed by atoms with Crippen molar-refractivity contribution in [3.05, 3.63) is 126 Å². The van der Waals surface area contributed by atoms with E-state index in [0.717, 1.165) is 33.5 Å². The molecular formula is C30H30BrFN2O2S. The highest BCUT2D eigenvalue weighted by molar-refractivity contribution is 8.93. The molecule has 0 aromatic heterocycles. The number of benzene rings is 4. The Balaban J connectivity index is 0.00000380. The first-order valence-electron chi connectivity index (χ1n) is 11.6. The van der Waals surface area contributed by atoms with Crippen molar-refractivity contribution in [1.29, 1.82) is 0 Å². The Labute approximate surface area is 232 Å². The van der Waals surface area contributed by atoms with Crippen molar-refractivity contribution in [3.8, 4) is 11.5 Å². The summed E-state index contributed by atoms with van der Waals surface area (Å²) < 4.78 is 24.2. The van der Waals surface area contributed by atoms with Gasteiger partial charge in [0.1, 0.15) is 17.3 Å². The Hall–Kier alpha value is -3.29. The van der Waals surface area contributed by atoms with Gasteiger partial charge in [-0.05, 0) is 65.2 Å². The standard InChI is InChI=1S/C30H29FN2O2S.BrH/c1-34-28-16-8-23(9-17-28)20-33(21-24-10-18-29(35-2)19-11-24)30(32-27-14-12-26(31)13-15-27)36-22-25-6-4-3-5-7-25;/h3-19H,20-22H2,1-2H3;1H. The fraction of sp³-hybridized carbons (Fsp3) is 0.167. The van der Waals surface area contributed by atoms with Crippen molar-refractivity contribution in [2.24, 2.45) is 4.99 Å². The summed E-state index contributed by atoms with van der Waals surface area (Å²) in [6.07, 6.45) is 0. The number of methoxy groups -OCH3 is 2. The summed E-state index contributed by atoms with van der Waals surface area (Å²) in [4.78, 5) is 7.21. The molecule has 0 radical (unpaired) electrons. The second-order valence-electron chi connectivity index (χ2n) is 8.20. The van der Waals surface area contributed by atoms with E-state index >= 15 is 0 Å². The number of hydrogen-bond acceptors (Lipinski definition) is 4. The number of rotatable bonds is 9. The van der Waals surface area contributed by atoms with Crippen molar-refractivity contribution < 1.29 is 13.9 Å². The molecule has 0 saturated carbocycles. The van der Waals surface area contributed by atoms with Crippen LogP contribution in [0.4, 0.5) is 10.1 Å². The van der Waals surface area contributed by atoms with Gasteiger partial charge in [0.2, 0.25) is 0 Å². The van der Waals surface area contributed by atoms with Crippen LogP contribution in [0.5, 0.6) is 11.5 Å². The molecule has 0 aliphatic rings. The summed E-state index contributed by atoms with van der Waals surface area (Å²) in [5, 5.41) is 0.858. The van der Waals surface area contributed by atoms with Crippen LogP contribution in [0.25, 0.3) is 0 Å². The molecule has 0 fully saturated rings. The van der Waals surface area contributed by atoms with Crippen molar-refractivity contribution in [1.82, 2.24) is 4.90 Å². The summed E-state index contributed by atoms with van der Waals surface area (Å²) in [7, 11) is 3.33. The van der Waals surface area contributed by atoms with Gasteiger partial charge in [-0.2, -0.15) is 0 Å². The van der Waals surface area contributed by atoms with Crippen LogP contribution in [0.2, 0.25) is 0 Å². The highest BCUT2D eigenvalue weighted by atomic mass is 79.9. The summed E-state index contributed by atoms with van der Waals surface area (Å²) >= 11 is 1.67. The first kappa shape index (κ1) is 28.3. The maximum absolute atomic E-state index is 13.6. The van der Waals surface area contributed by atoms with Gasteiger partial charge in [0, 0.05) is 18.8 Å². The van der Waals surface area contributed by atoms with Gasteiger partial charge in [-0.25, -0.2) is 9.38 Å². The third kappa shape index (κ3) is 8.65. The minimum absolute atomic E-state index is 0. The fourth-order valence-corrected chi connectivity index (χ4v) is 4.61. The lowest BCUT2D eigenvalue weighted by Gasteiger charge is -2.26. The van der Waals surface area contributed by atoms with Gasteiger partial charge in [-0.15, -0.1) is 17.0 Å². The van der Waals surface area contributed by atoms with E-state index in [4.69, 9.17) is 14.5 Å². The molecule has 37 heavy (non-hydrogen) atoms. The Morgan fingerprint density at radius 3 is 1.70 bits per heavy atom. The zero-order valence-electron chi connectivity index (χ0n) is 20.8. The zero-order valence-corrected chi connectivity index (χ0v) is 23.4. The van der Waals surface area contributed by atoms with E-state index in [1.165, 1.54) is 17.7 Å². The van der Waals surface area contributed by atoms with E-state index in [1.54, 1.807) is 38.1 Å². The monoisotopic (exact) mass is 580 g/mol. The molecule has 0 saturated heterocycles. The Morgan fingerprint density at radius 1 is 0.703 bits per heavy atom. The van der Waals surface area contributed by atoms with Crippen LogP contribution < -0.4 is 9.47 Å². The first-order valence-corrected chi connectivity index (χ1v) is 12.6. The molecule has 0 bridgehead atoms. The maximum atomic E-state index is 13.6. The van der Waals surface area contributed by atoms with Gasteiger partial charge in [0.05, 0.1) is 19.9 Å². The van der Waals surface area contributed by atoms with Gasteiger partial charge < -0.3 is 14.4 Å². The number of halogens is 2. The molecule has 4 aromatic carbocycles. The molecule has 0 atom stereocenters. The lowest BCUT2D eigenvalue weighted by Crippen LogP contribution is -2.28.